The van der Waals surface area contributed by atoms with Crippen LogP contribution in [-0.2, 0) is 6.54 Å². The number of benzene rings is 1. The lowest BCUT2D eigenvalue weighted by Gasteiger charge is -2.30. The first kappa shape index (κ1) is 19.0. The normalized spacial score (nSPS) is 20.0. The molecule has 6 heteroatoms. The summed E-state index contributed by atoms with van der Waals surface area (Å²) >= 11 is 1.79. The molecule has 2 aromatic rings. The Balaban J connectivity index is 1.43. The average molecular weight is 372 g/mol. The second kappa shape index (κ2) is 9.24. The maximum atomic E-state index is 4.56. The summed E-state index contributed by atoms with van der Waals surface area (Å²) in [7, 11) is 4.00. The number of nitrogens with zero attached hydrogens (tertiary/aromatic N) is 3. The average Bonchev–Trinajstić information content (AvgIpc) is 2.68. The van der Waals surface area contributed by atoms with Crippen molar-refractivity contribution in [3.63, 3.8) is 0 Å². The van der Waals surface area contributed by atoms with Gasteiger partial charge in [0, 0.05) is 43.8 Å². The summed E-state index contributed by atoms with van der Waals surface area (Å²) in [6.07, 6.45) is 8.61. The minimum absolute atomic E-state index is 0.464. The van der Waals surface area contributed by atoms with E-state index in [-0.39, 0.29) is 0 Å². The minimum Gasteiger partial charge on any atom is -0.363 e. The van der Waals surface area contributed by atoms with Gasteiger partial charge in [0.15, 0.2) is 0 Å². The zero-order chi connectivity index (χ0) is 18.4. The Labute approximate surface area is 161 Å². The fourth-order valence-electron chi connectivity index (χ4n) is 3.30. The SMILES string of the molecule is CSc1ccc(CNC2CCC(Nc3nccc(N(C)C)n3)CC2)cc1. The van der Waals surface area contributed by atoms with Crippen molar-refractivity contribution in [1.29, 1.82) is 0 Å². The number of rotatable bonds is 7. The van der Waals surface area contributed by atoms with Crippen LogP contribution in [0.5, 0.6) is 0 Å². The van der Waals surface area contributed by atoms with E-state index in [4.69, 9.17) is 0 Å². The quantitative estimate of drug-likeness (QED) is 0.723. The molecule has 3 rings (SSSR count). The van der Waals surface area contributed by atoms with Crippen LogP contribution in [0.15, 0.2) is 41.4 Å². The summed E-state index contributed by atoms with van der Waals surface area (Å²) in [5, 5.41) is 7.22. The van der Waals surface area contributed by atoms with Gasteiger partial charge in [-0.2, -0.15) is 4.98 Å². The lowest BCUT2D eigenvalue weighted by atomic mass is 9.91. The monoisotopic (exact) mass is 371 g/mol. The van der Waals surface area contributed by atoms with Crippen LogP contribution in [0.1, 0.15) is 31.2 Å². The standard InChI is InChI=1S/C20H29N5S/c1-25(2)19-12-13-21-20(24-19)23-17-8-6-16(7-9-17)22-14-15-4-10-18(26-3)11-5-15/h4-5,10-13,16-17,22H,6-9,14H2,1-3H3,(H,21,23,24). The van der Waals surface area contributed by atoms with Crippen LogP contribution in [0.4, 0.5) is 11.8 Å². The van der Waals surface area contributed by atoms with E-state index in [1.807, 2.05) is 31.3 Å². The van der Waals surface area contributed by atoms with Crippen LogP contribution in [0, 0.1) is 0 Å². The van der Waals surface area contributed by atoms with Crippen LogP contribution in [-0.4, -0.2) is 42.4 Å². The Morgan fingerprint density at radius 2 is 1.73 bits per heavy atom. The first-order valence-corrected chi connectivity index (χ1v) is 10.5. The lowest BCUT2D eigenvalue weighted by molar-refractivity contribution is 0.352. The highest BCUT2D eigenvalue weighted by atomic mass is 32.2. The molecule has 1 saturated carbocycles. The van der Waals surface area contributed by atoms with E-state index in [1.165, 1.54) is 23.3 Å². The van der Waals surface area contributed by atoms with E-state index in [1.54, 1.807) is 11.8 Å². The molecule has 0 bridgehead atoms. The maximum Gasteiger partial charge on any atom is 0.224 e. The zero-order valence-electron chi connectivity index (χ0n) is 15.9. The molecule has 0 amide bonds. The minimum atomic E-state index is 0.464. The summed E-state index contributed by atoms with van der Waals surface area (Å²) < 4.78 is 0. The van der Waals surface area contributed by atoms with Crippen LogP contribution in [0.25, 0.3) is 0 Å². The Bertz CT molecular complexity index is 681. The molecule has 1 aliphatic rings. The predicted octanol–water partition coefficient (Wildman–Crippen LogP) is 3.78. The number of aromatic nitrogens is 2. The molecule has 1 aliphatic carbocycles. The fourth-order valence-corrected chi connectivity index (χ4v) is 3.71. The first-order chi connectivity index (χ1) is 12.6. The van der Waals surface area contributed by atoms with Crippen molar-refractivity contribution in [3.8, 4) is 0 Å². The second-order valence-corrected chi connectivity index (χ2v) is 7.93. The lowest BCUT2D eigenvalue weighted by Crippen LogP contribution is -2.36. The summed E-state index contributed by atoms with van der Waals surface area (Å²) in [5.74, 6) is 1.67. The fraction of sp³-hybridized carbons (Fsp3) is 0.500. The largest absolute Gasteiger partial charge is 0.363 e. The number of hydrogen-bond donors (Lipinski definition) is 2. The smallest absolute Gasteiger partial charge is 0.224 e. The Hall–Kier alpha value is -1.79. The molecule has 0 aliphatic heterocycles. The van der Waals surface area contributed by atoms with Gasteiger partial charge in [0.05, 0.1) is 0 Å². The molecule has 0 atom stereocenters. The Morgan fingerprint density at radius 3 is 2.38 bits per heavy atom. The molecule has 0 unspecified atom stereocenters. The molecular weight excluding hydrogens is 342 g/mol. The molecule has 140 valence electrons. The predicted molar refractivity (Wildman–Crippen MR) is 111 cm³/mol. The van der Waals surface area contributed by atoms with E-state index in [0.29, 0.717) is 12.1 Å². The molecule has 2 N–H and O–H groups in total. The van der Waals surface area contributed by atoms with Crippen LogP contribution < -0.4 is 15.5 Å². The van der Waals surface area contributed by atoms with Crippen LogP contribution in [0.2, 0.25) is 0 Å². The molecule has 1 aromatic heterocycles. The van der Waals surface area contributed by atoms with Crippen molar-refractivity contribution in [2.45, 2.75) is 49.2 Å². The molecule has 0 saturated heterocycles. The topological polar surface area (TPSA) is 53.1 Å². The van der Waals surface area contributed by atoms with E-state index in [0.717, 1.165) is 31.2 Å². The Kier molecular flexibility index (Phi) is 6.74. The van der Waals surface area contributed by atoms with Gasteiger partial charge in [-0.25, -0.2) is 4.98 Å². The molecule has 5 nitrogen and oxygen atoms in total. The van der Waals surface area contributed by atoms with Crippen molar-refractivity contribution in [1.82, 2.24) is 15.3 Å². The van der Waals surface area contributed by atoms with Gasteiger partial charge in [-0.05, 0) is 55.7 Å². The Morgan fingerprint density at radius 1 is 1.04 bits per heavy atom. The zero-order valence-corrected chi connectivity index (χ0v) is 16.7. The van der Waals surface area contributed by atoms with Crippen LogP contribution >= 0.6 is 11.8 Å². The van der Waals surface area contributed by atoms with Gasteiger partial charge in [0.25, 0.3) is 0 Å². The summed E-state index contributed by atoms with van der Waals surface area (Å²) in [6.45, 7) is 0.950. The van der Waals surface area contributed by atoms with Gasteiger partial charge in [0.1, 0.15) is 5.82 Å². The van der Waals surface area contributed by atoms with Gasteiger partial charge in [-0.15, -0.1) is 11.8 Å². The molecular formula is C20H29N5S. The highest BCUT2D eigenvalue weighted by molar-refractivity contribution is 7.98. The van der Waals surface area contributed by atoms with Gasteiger partial charge >= 0.3 is 0 Å². The number of thioether (sulfide) groups is 1. The van der Waals surface area contributed by atoms with Crippen molar-refractivity contribution >= 4 is 23.5 Å². The molecule has 26 heavy (non-hydrogen) atoms. The van der Waals surface area contributed by atoms with E-state index in [9.17, 15) is 0 Å². The maximum absolute atomic E-state index is 4.56. The number of hydrogen-bond acceptors (Lipinski definition) is 6. The third-order valence-corrected chi connectivity index (χ3v) is 5.66. The van der Waals surface area contributed by atoms with Gasteiger partial charge in [-0.3, -0.25) is 0 Å². The highest BCUT2D eigenvalue weighted by Crippen LogP contribution is 2.22. The van der Waals surface area contributed by atoms with E-state index >= 15 is 0 Å². The highest BCUT2D eigenvalue weighted by Gasteiger charge is 2.21. The van der Waals surface area contributed by atoms with Crippen molar-refractivity contribution in [3.05, 3.63) is 42.1 Å². The summed E-state index contributed by atoms with van der Waals surface area (Å²) in [5.41, 5.74) is 1.36. The third-order valence-electron chi connectivity index (χ3n) is 4.91. The van der Waals surface area contributed by atoms with Crippen molar-refractivity contribution in [2.75, 3.05) is 30.6 Å². The van der Waals surface area contributed by atoms with Gasteiger partial charge in [0.2, 0.25) is 5.95 Å². The number of nitrogens with one attached hydrogen (secondary N) is 2. The third kappa shape index (κ3) is 5.35. The molecule has 1 aromatic carbocycles. The van der Waals surface area contributed by atoms with E-state index < -0.39 is 0 Å². The summed E-state index contributed by atoms with van der Waals surface area (Å²) in [6, 6.07) is 11.8. The second-order valence-electron chi connectivity index (χ2n) is 7.05. The van der Waals surface area contributed by atoms with E-state index in [2.05, 4.69) is 51.1 Å². The van der Waals surface area contributed by atoms with Gasteiger partial charge < -0.3 is 15.5 Å². The van der Waals surface area contributed by atoms with Crippen LogP contribution in [0.3, 0.4) is 0 Å². The van der Waals surface area contributed by atoms with Gasteiger partial charge in [-0.1, -0.05) is 12.1 Å². The summed E-state index contributed by atoms with van der Waals surface area (Å²) in [4.78, 5) is 12.2. The molecule has 0 radical (unpaired) electrons. The first-order valence-electron chi connectivity index (χ1n) is 9.27. The van der Waals surface area contributed by atoms with Crippen molar-refractivity contribution in [2.24, 2.45) is 0 Å². The number of anilines is 2. The molecule has 1 heterocycles. The molecule has 0 spiro atoms. The van der Waals surface area contributed by atoms with Crippen molar-refractivity contribution < 1.29 is 0 Å². The molecule has 1 fully saturated rings.